The van der Waals surface area contributed by atoms with Crippen molar-refractivity contribution in [3.05, 3.63) is 34.7 Å². The van der Waals surface area contributed by atoms with Crippen LogP contribution in [0.5, 0.6) is 0 Å². The van der Waals surface area contributed by atoms with E-state index in [1.54, 1.807) is 6.92 Å². The second-order valence-electron chi connectivity index (χ2n) is 5.07. The van der Waals surface area contributed by atoms with Crippen LogP contribution in [0, 0.1) is 6.92 Å². The van der Waals surface area contributed by atoms with Gasteiger partial charge >= 0.3 is 0 Å². The Morgan fingerprint density at radius 2 is 2.05 bits per heavy atom. The van der Waals surface area contributed by atoms with Crippen LogP contribution in [0.15, 0.2) is 24.3 Å². The maximum absolute atomic E-state index is 12.7. The zero-order chi connectivity index (χ0) is 15.1. The maximum atomic E-state index is 12.7. The van der Waals surface area contributed by atoms with Crippen molar-refractivity contribution in [3.63, 3.8) is 0 Å². The van der Waals surface area contributed by atoms with Crippen LogP contribution >= 0.6 is 11.3 Å². The van der Waals surface area contributed by atoms with Crippen LogP contribution < -0.4 is 5.32 Å². The van der Waals surface area contributed by atoms with E-state index in [0.29, 0.717) is 4.88 Å². The molecule has 108 valence electrons. The minimum Gasteiger partial charge on any atom is -0.317 e. The van der Waals surface area contributed by atoms with Gasteiger partial charge in [-0.1, -0.05) is 18.2 Å². The first-order valence-corrected chi connectivity index (χ1v) is 7.43. The zero-order valence-corrected chi connectivity index (χ0v) is 12.5. The van der Waals surface area contributed by atoms with Crippen molar-refractivity contribution in [2.75, 3.05) is 6.54 Å². The molecule has 1 saturated heterocycles. The molecule has 0 aliphatic carbocycles. The van der Waals surface area contributed by atoms with Crippen molar-refractivity contribution in [2.24, 2.45) is 0 Å². The molecule has 1 aliphatic rings. The molecule has 6 heteroatoms. The highest BCUT2D eigenvalue weighted by Gasteiger charge is 2.35. The van der Waals surface area contributed by atoms with Crippen LogP contribution in [0.4, 0.5) is 0 Å². The van der Waals surface area contributed by atoms with E-state index in [9.17, 15) is 14.4 Å². The fourth-order valence-corrected chi connectivity index (χ4v) is 3.64. The third-order valence-electron chi connectivity index (χ3n) is 3.72. The summed E-state index contributed by atoms with van der Waals surface area (Å²) in [6.07, 6.45) is 0. The van der Waals surface area contributed by atoms with Crippen LogP contribution in [0.2, 0.25) is 0 Å². The number of piperazine rings is 1. The number of carbonyl (C=O) groups excluding carboxylic acids is 3. The molecule has 3 amide bonds. The zero-order valence-electron chi connectivity index (χ0n) is 11.7. The fraction of sp³-hybridized carbons (Fsp3) is 0.267. The van der Waals surface area contributed by atoms with E-state index in [4.69, 9.17) is 0 Å². The third-order valence-corrected chi connectivity index (χ3v) is 4.98. The number of thiophene rings is 1. The van der Waals surface area contributed by atoms with Crippen molar-refractivity contribution in [2.45, 2.75) is 19.9 Å². The number of nitrogens with zero attached hydrogens (tertiary/aromatic N) is 1. The lowest BCUT2D eigenvalue weighted by molar-refractivity contribution is -0.138. The Morgan fingerprint density at radius 3 is 2.76 bits per heavy atom. The quantitative estimate of drug-likeness (QED) is 0.815. The SMILES string of the molecule is Cc1c(C(=O)N2CC(=O)NC(=O)C2C)sc2ccccc12. The van der Waals surface area contributed by atoms with Crippen LogP contribution in [0.25, 0.3) is 10.1 Å². The number of nitrogens with one attached hydrogen (secondary N) is 1. The Balaban J connectivity index is 2.02. The molecular formula is C15H14N2O3S. The highest BCUT2D eigenvalue weighted by Crippen LogP contribution is 2.31. The van der Waals surface area contributed by atoms with Gasteiger partial charge in [-0.2, -0.15) is 0 Å². The topological polar surface area (TPSA) is 66.5 Å². The molecule has 1 fully saturated rings. The van der Waals surface area contributed by atoms with Gasteiger partial charge in [0.15, 0.2) is 0 Å². The van der Waals surface area contributed by atoms with E-state index in [-0.39, 0.29) is 12.5 Å². The molecule has 1 unspecified atom stereocenters. The predicted molar refractivity (Wildman–Crippen MR) is 80.2 cm³/mol. The van der Waals surface area contributed by atoms with Gasteiger partial charge in [0.2, 0.25) is 11.8 Å². The minimum absolute atomic E-state index is 0.0839. The summed E-state index contributed by atoms with van der Waals surface area (Å²) in [5.41, 5.74) is 0.895. The number of amides is 3. The predicted octanol–water partition coefficient (Wildman–Crippen LogP) is 1.70. The summed E-state index contributed by atoms with van der Waals surface area (Å²) < 4.78 is 1.03. The lowest BCUT2D eigenvalue weighted by Gasteiger charge is -2.31. The van der Waals surface area contributed by atoms with E-state index >= 15 is 0 Å². The van der Waals surface area contributed by atoms with Gasteiger partial charge < -0.3 is 4.90 Å². The van der Waals surface area contributed by atoms with Crippen LogP contribution in [-0.4, -0.2) is 35.2 Å². The van der Waals surface area contributed by atoms with Crippen LogP contribution in [-0.2, 0) is 9.59 Å². The lowest BCUT2D eigenvalue weighted by Crippen LogP contribution is -2.58. The molecule has 0 bridgehead atoms. The van der Waals surface area contributed by atoms with Gasteiger partial charge in [-0.3, -0.25) is 19.7 Å². The molecule has 2 aromatic rings. The van der Waals surface area contributed by atoms with Crippen LogP contribution in [0.3, 0.4) is 0 Å². The molecule has 1 aliphatic heterocycles. The van der Waals surface area contributed by atoms with Crippen molar-refractivity contribution >= 4 is 39.1 Å². The van der Waals surface area contributed by atoms with E-state index in [0.717, 1.165) is 15.6 Å². The molecule has 1 aromatic carbocycles. The number of carbonyl (C=O) groups is 3. The Kier molecular flexibility index (Phi) is 3.25. The van der Waals surface area contributed by atoms with Gasteiger partial charge in [0, 0.05) is 4.70 Å². The third kappa shape index (κ3) is 2.21. The first-order chi connectivity index (χ1) is 9.99. The number of hydrogen-bond acceptors (Lipinski definition) is 4. The van der Waals surface area contributed by atoms with Crippen LogP contribution in [0.1, 0.15) is 22.2 Å². The summed E-state index contributed by atoms with van der Waals surface area (Å²) in [6.45, 7) is 3.43. The highest BCUT2D eigenvalue weighted by atomic mass is 32.1. The van der Waals surface area contributed by atoms with Gasteiger partial charge in [-0.25, -0.2) is 0 Å². The van der Waals surface area contributed by atoms with Gasteiger partial charge in [-0.15, -0.1) is 11.3 Å². The Morgan fingerprint density at radius 1 is 1.33 bits per heavy atom. The van der Waals surface area contributed by atoms with E-state index in [1.807, 2.05) is 31.2 Å². The number of benzene rings is 1. The first-order valence-electron chi connectivity index (χ1n) is 6.62. The second-order valence-corrected chi connectivity index (χ2v) is 6.13. The number of fused-ring (bicyclic) bond motifs is 1. The van der Waals surface area contributed by atoms with E-state index in [2.05, 4.69) is 5.32 Å². The highest BCUT2D eigenvalue weighted by molar-refractivity contribution is 7.21. The molecule has 0 saturated carbocycles. The molecule has 1 aromatic heterocycles. The van der Waals surface area contributed by atoms with Gasteiger partial charge in [0.1, 0.15) is 12.6 Å². The number of rotatable bonds is 1. The molecule has 1 N–H and O–H groups in total. The average Bonchev–Trinajstić information content (AvgIpc) is 2.80. The molecular weight excluding hydrogens is 288 g/mol. The summed E-state index contributed by atoms with van der Waals surface area (Å²) in [5.74, 6) is -1.13. The number of aryl methyl sites for hydroxylation is 1. The molecule has 2 heterocycles. The summed E-state index contributed by atoms with van der Waals surface area (Å²) in [5, 5.41) is 3.27. The summed E-state index contributed by atoms with van der Waals surface area (Å²) in [6, 6.07) is 7.14. The summed E-state index contributed by atoms with van der Waals surface area (Å²) in [7, 11) is 0. The first kappa shape index (κ1) is 13.8. The summed E-state index contributed by atoms with van der Waals surface area (Å²) in [4.78, 5) is 37.8. The minimum atomic E-state index is -0.639. The molecule has 0 radical (unpaired) electrons. The van der Waals surface area contributed by atoms with Gasteiger partial charge in [0.05, 0.1) is 4.88 Å². The van der Waals surface area contributed by atoms with E-state index < -0.39 is 17.9 Å². The fourth-order valence-electron chi connectivity index (χ4n) is 2.47. The molecule has 1 atom stereocenters. The maximum Gasteiger partial charge on any atom is 0.265 e. The van der Waals surface area contributed by atoms with E-state index in [1.165, 1.54) is 16.2 Å². The largest absolute Gasteiger partial charge is 0.317 e. The Bertz CT molecular complexity index is 765. The number of hydrogen-bond donors (Lipinski definition) is 1. The number of imide groups is 1. The molecule has 21 heavy (non-hydrogen) atoms. The van der Waals surface area contributed by atoms with Crippen molar-refractivity contribution in [1.82, 2.24) is 10.2 Å². The normalized spacial score (nSPS) is 19.0. The second kappa shape index (κ2) is 4.96. The molecule has 5 nitrogen and oxygen atoms in total. The Hall–Kier alpha value is -2.21. The van der Waals surface area contributed by atoms with Crippen molar-refractivity contribution in [3.8, 4) is 0 Å². The van der Waals surface area contributed by atoms with Crippen molar-refractivity contribution in [1.29, 1.82) is 0 Å². The average molecular weight is 302 g/mol. The van der Waals surface area contributed by atoms with Gasteiger partial charge in [-0.05, 0) is 30.9 Å². The lowest BCUT2D eigenvalue weighted by atomic mass is 10.1. The van der Waals surface area contributed by atoms with Crippen molar-refractivity contribution < 1.29 is 14.4 Å². The smallest absolute Gasteiger partial charge is 0.265 e. The monoisotopic (exact) mass is 302 g/mol. The van der Waals surface area contributed by atoms with Gasteiger partial charge in [0.25, 0.3) is 5.91 Å². The standard InChI is InChI=1S/C15H14N2O3S/c1-8-10-5-3-4-6-11(10)21-13(8)15(20)17-7-12(18)16-14(19)9(17)2/h3-6,9H,7H2,1-2H3,(H,16,18,19). The molecule has 3 rings (SSSR count). The molecule has 0 spiro atoms. The summed E-state index contributed by atoms with van der Waals surface area (Å²) >= 11 is 1.40. The Labute approximate surface area is 125 Å².